The molecule has 0 aromatic heterocycles. The van der Waals surface area contributed by atoms with E-state index in [-0.39, 0.29) is 17.9 Å². The van der Waals surface area contributed by atoms with Crippen LogP contribution in [0.1, 0.15) is 10.9 Å². The van der Waals surface area contributed by atoms with Gasteiger partial charge in [0, 0.05) is 28.1 Å². The Morgan fingerprint density at radius 1 is 1.35 bits per heavy atom. The standard InChI is InChI=1S/C15H20BrNO4S2/c1-20-12-7-10(11(16)8-13(12)21-2)15-17(14(19)9-23-15)3-5-22-6-4-18/h7-8,15,18H,3-6,9H2,1-2H3. The molecule has 1 amide bonds. The third-order valence-electron chi connectivity index (χ3n) is 3.45. The predicted octanol–water partition coefficient (Wildman–Crippen LogP) is 2.77. The number of hydrogen-bond acceptors (Lipinski definition) is 6. The number of carbonyl (C=O) groups is 1. The third-order valence-corrected chi connectivity index (χ3v) is 6.32. The van der Waals surface area contributed by atoms with Crippen molar-refractivity contribution in [2.24, 2.45) is 0 Å². The molecule has 1 atom stereocenters. The van der Waals surface area contributed by atoms with E-state index in [0.717, 1.165) is 15.8 Å². The van der Waals surface area contributed by atoms with Gasteiger partial charge in [0.05, 0.1) is 26.6 Å². The third kappa shape index (κ3) is 4.49. The lowest BCUT2D eigenvalue weighted by Crippen LogP contribution is -2.30. The molecule has 128 valence electrons. The van der Waals surface area contributed by atoms with E-state index < -0.39 is 0 Å². The largest absolute Gasteiger partial charge is 0.493 e. The number of hydrogen-bond donors (Lipinski definition) is 1. The van der Waals surface area contributed by atoms with Gasteiger partial charge in [-0.2, -0.15) is 11.8 Å². The molecule has 5 nitrogen and oxygen atoms in total. The van der Waals surface area contributed by atoms with Crippen LogP contribution in [0.15, 0.2) is 16.6 Å². The van der Waals surface area contributed by atoms with Crippen molar-refractivity contribution in [3.05, 3.63) is 22.2 Å². The zero-order valence-corrected chi connectivity index (χ0v) is 16.3. The number of benzene rings is 1. The highest BCUT2D eigenvalue weighted by atomic mass is 79.9. The topological polar surface area (TPSA) is 59.0 Å². The smallest absolute Gasteiger partial charge is 0.233 e. The Kier molecular flexibility index (Phi) is 7.39. The van der Waals surface area contributed by atoms with E-state index in [1.54, 1.807) is 37.7 Å². The molecular weight excluding hydrogens is 402 g/mol. The summed E-state index contributed by atoms with van der Waals surface area (Å²) in [6.07, 6.45) is 0. The molecule has 1 unspecified atom stereocenters. The fourth-order valence-corrected chi connectivity index (χ4v) is 4.94. The Morgan fingerprint density at radius 3 is 2.70 bits per heavy atom. The Balaban J connectivity index is 2.19. The van der Waals surface area contributed by atoms with Gasteiger partial charge in [-0.1, -0.05) is 15.9 Å². The van der Waals surface area contributed by atoms with Gasteiger partial charge in [-0.15, -0.1) is 11.8 Å². The van der Waals surface area contributed by atoms with Crippen LogP contribution in [-0.4, -0.2) is 60.5 Å². The molecule has 1 aromatic carbocycles. The number of ether oxygens (including phenoxy) is 2. The monoisotopic (exact) mass is 421 g/mol. The van der Waals surface area contributed by atoms with Crippen molar-refractivity contribution < 1.29 is 19.4 Å². The lowest BCUT2D eigenvalue weighted by Gasteiger charge is -2.25. The van der Waals surface area contributed by atoms with Crippen molar-refractivity contribution in [2.75, 3.05) is 44.6 Å². The van der Waals surface area contributed by atoms with Gasteiger partial charge in [-0.05, 0) is 12.1 Å². The first-order valence-corrected chi connectivity index (χ1v) is 10.1. The molecule has 1 aromatic rings. The first kappa shape index (κ1) is 18.8. The predicted molar refractivity (Wildman–Crippen MR) is 98.6 cm³/mol. The number of rotatable bonds is 8. The normalized spacial score (nSPS) is 17.7. The lowest BCUT2D eigenvalue weighted by molar-refractivity contribution is -0.127. The molecule has 1 heterocycles. The van der Waals surface area contributed by atoms with Crippen LogP contribution in [0.4, 0.5) is 0 Å². The summed E-state index contributed by atoms with van der Waals surface area (Å²) < 4.78 is 11.6. The summed E-state index contributed by atoms with van der Waals surface area (Å²) >= 11 is 6.84. The molecule has 1 aliphatic heterocycles. The fourth-order valence-electron chi connectivity index (χ4n) is 2.34. The van der Waals surface area contributed by atoms with Gasteiger partial charge in [-0.3, -0.25) is 4.79 Å². The zero-order valence-electron chi connectivity index (χ0n) is 13.1. The zero-order chi connectivity index (χ0) is 16.8. The van der Waals surface area contributed by atoms with Crippen molar-refractivity contribution in [3.8, 4) is 11.5 Å². The van der Waals surface area contributed by atoms with E-state index in [1.807, 2.05) is 17.0 Å². The van der Waals surface area contributed by atoms with Gasteiger partial charge in [0.15, 0.2) is 11.5 Å². The summed E-state index contributed by atoms with van der Waals surface area (Å²) in [6.45, 7) is 0.833. The first-order valence-electron chi connectivity index (χ1n) is 7.13. The molecule has 1 N–H and O–H groups in total. The Labute approximate surface area is 153 Å². The lowest BCUT2D eigenvalue weighted by atomic mass is 10.2. The molecule has 0 bridgehead atoms. The number of halogens is 1. The maximum absolute atomic E-state index is 12.2. The average Bonchev–Trinajstić information content (AvgIpc) is 2.92. The van der Waals surface area contributed by atoms with Gasteiger partial charge in [0.25, 0.3) is 0 Å². The van der Waals surface area contributed by atoms with Gasteiger partial charge < -0.3 is 19.5 Å². The Hall–Kier alpha value is -0.570. The van der Waals surface area contributed by atoms with Crippen molar-refractivity contribution in [1.82, 2.24) is 4.90 Å². The van der Waals surface area contributed by atoms with Crippen LogP contribution in [0.5, 0.6) is 11.5 Å². The number of amides is 1. The molecule has 8 heteroatoms. The summed E-state index contributed by atoms with van der Waals surface area (Å²) in [6, 6.07) is 3.79. The SMILES string of the molecule is COc1cc(Br)c(C2SCC(=O)N2CCSCCO)cc1OC. The molecule has 23 heavy (non-hydrogen) atoms. The summed E-state index contributed by atoms with van der Waals surface area (Å²) in [5.41, 5.74) is 1.01. The number of aliphatic hydroxyl groups is 1. The molecule has 0 spiro atoms. The van der Waals surface area contributed by atoms with E-state index in [0.29, 0.717) is 29.5 Å². The van der Waals surface area contributed by atoms with Crippen molar-refractivity contribution in [2.45, 2.75) is 5.37 Å². The molecule has 1 fully saturated rings. The molecule has 0 saturated carbocycles. The fraction of sp³-hybridized carbons (Fsp3) is 0.533. The minimum Gasteiger partial charge on any atom is -0.493 e. The number of carbonyl (C=O) groups excluding carboxylic acids is 1. The van der Waals surface area contributed by atoms with Crippen LogP contribution in [0.2, 0.25) is 0 Å². The second kappa shape index (κ2) is 9.05. The quantitative estimate of drug-likeness (QED) is 0.651. The maximum Gasteiger partial charge on any atom is 0.233 e. The summed E-state index contributed by atoms with van der Waals surface area (Å²) in [7, 11) is 3.20. The summed E-state index contributed by atoms with van der Waals surface area (Å²) in [5, 5.41) is 8.81. The van der Waals surface area contributed by atoms with E-state index in [9.17, 15) is 4.79 Å². The van der Waals surface area contributed by atoms with Crippen molar-refractivity contribution >= 4 is 45.4 Å². The minimum absolute atomic E-state index is 0.0357. The van der Waals surface area contributed by atoms with Crippen LogP contribution in [-0.2, 0) is 4.79 Å². The number of aliphatic hydroxyl groups excluding tert-OH is 1. The van der Waals surface area contributed by atoms with Crippen molar-refractivity contribution in [3.63, 3.8) is 0 Å². The van der Waals surface area contributed by atoms with Crippen LogP contribution in [0.3, 0.4) is 0 Å². The number of methoxy groups -OCH3 is 2. The van der Waals surface area contributed by atoms with E-state index in [1.165, 1.54) is 0 Å². The van der Waals surface area contributed by atoms with Crippen LogP contribution < -0.4 is 9.47 Å². The van der Waals surface area contributed by atoms with E-state index >= 15 is 0 Å². The van der Waals surface area contributed by atoms with Gasteiger partial charge in [0.1, 0.15) is 5.37 Å². The molecule has 2 rings (SSSR count). The maximum atomic E-state index is 12.2. The minimum atomic E-state index is -0.0357. The Morgan fingerprint density at radius 2 is 2.04 bits per heavy atom. The average molecular weight is 422 g/mol. The van der Waals surface area contributed by atoms with Crippen molar-refractivity contribution in [1.29, 1.82) is 0 Å². The highest BCUT2D eigenvalue weighted by molar-refractivity contribution is 9.10. The van der Waals surface area contributed by atoms with E-state index in [2.05, 4.69) is 15.9 Å². The summed E-state index contributed by atoms with van der Waals surface area (Å²) in [5.74, 6) is 3.44. The molecule has 1 aliphatic rings. The van der Waals surface area contributed by atoms with Gasteiger partial charge in [-0.25, -0.2) is 0 Å². The molecule has 1 saturated heterocycles. The van der Waals surface area contributed by atoms with Gasteiger partial charge in [0.2, 0.25) is 5.91 Å². The first-order chi connectivity index (χ1) is 11.1. The Bertz CT molecular complexity index is 559. The van der Waals surface area contributed by atoms with Gasteiger partial charge >= 0.3 is 0 Å². The second-order valence-electron chi connectivity index (χ2n) is 4.82. The number of thioether (sulfide) groups is 2. The van der Waals surface area contributed by atoms with Crippen LogP contribution >= 0.6 is 39.5 Å². The number of nitrogens with zero attached hydrogens (tertiary/aromatic N) is 1. The summed E-state index contributed by atoms with van der Waals surface area (Å²) in [4.78, 5) is 14.1. The molecule has 0 aliphatic carbocycles. The molecule has 0 radical (unpaired) electrons. The van der Waals surface area contributed by atoms with E-state index in [4.69, 9.17) is 14.6 Å². The van der Waals surface area contributed by atoms with Crippen LogP contribution in [0, 0.1) is 0 Å². The second-order valence-corrected chi connectivity index (χ2v) is 7.96. The van der Waals surface area contributed by atoms with Crippen LogP contribution in [0.25, 0.3) is 0 Å². The molecular formula is C15H20BrNO4S2. The highest BCUT2D eigenvalue weighted by Crippen LogP contribution is 2.45. The highest BCUT2D eigenvalue weighted by Gasteiger charge is 2.34.